The second kappa shape index (κ2) is 6.18. The normalized spacial score (nSPS) is 22.0. The van der Waals surface area contributed by atoms with Crippen LogP contribution in [0.2, 0.25) is 0 Å². The zero-order valence-electron chi connectivity index (χ0n) is 13.6. The van der Waals surface area contributed by atoms with Crippen molar-refractivity contribution in [2.45, 2.75) is 46.6 Å². The van der Waals surface area contributed by atoms with Gasteiger partial charge in [-0.25, -0.2) is 0 Å². The second-order valence-corrected chi connectivity index (χ2v) is 6.95. The Balaban J connectivity index is 2.10. The standard InChI is InChI=1S/C18H27NO2/c1-13-7-9-15(10-8-13)14(2)19-11-5-6-16(12-19)18(3,4)17(20)21/h7-10,14,16H,5-6,11-12H2,1-4H3,(H,20,21). The molecule has 116 valence electrons. The zero-order valence-corrected chi connectivity index (χ0v) is 13.6. The summed E-state index contributed by atoms with van der Waals surface area (Å²) in [6.07, 6.45) is 2.09. The van der Waals surface area contributed by atoms with Crippen molar-refractivity contribution < 1.29 is 9.90 Å². The predicted octanol–water partition coefficient (Wildman–Crippen LogP) is 3.88. The van der Waals surface area contributed by atoms with Gasteiger partial charge >= 0.3 is 5.97 Å². The summed E-state index contributed by atoms with van der Waals surface area (Å²) in [6.45, 7) is 9.97. The summed E-state index contributed by atoms with van der Waals surface area (Å²) in [5.41, 5.74) is 1.94. The molecule has 1 fully saturated rings. The molecule has 1 aromatic rings. The number of piperidine rings is 1. The first kappa shape index (κ1) is 16.0. The van der Waals surface area contributed by atoms with Gasteiger partial charge in [-0.3, -0.25) is 9.69 Å². The van der Waals surface area contributed by atoms with Crippen molar-refractivity contribution in [3.63, 3.8) is 0 Å². The second-order valence-electron chi connectivity index (χ2n) is 6.95. The number of hydrogen-bond acceptors (Lipinski definition) is 2. The van der Waals surface area contributed by atoms with Gasteiger partial charge in [0.25, 0.3) is 0 Å². The third kappa shape index (κ3) is 3.46. The molecule has 0 aliphatic carbocycles. The minimum Gasteiger partial charge on any atom is -0.481 e. The molecule has 3 nitrogen and oxygen atoms in total. The van der Waals surface area contributed by atoms with Gasteiger partial charge in [-0.05, 0) is 58.6 Å². The topological polar surface area (TPSA) is 40.5 Å². The maximum absolute atomic E-state index is 11.5. The molecule has 1 aliphatic rings. The van der Waals surface area contributed by atoms with E-state index in [1.807, 2.05) is 13.8 Å². The van der Waals surface area contributed by atoms with Gasteiger partial charge in [0.2, 0.25) is 0 Å². The van der Waals surface area contributed by atoms with Gasteiger partial charge in [-0.1, -0.05) is 29.8 Å². The van der Waals surface area contributed by atoms with E-state index in [2.05, 4.69) is 43.0 Å². The number of aryl methyl sites for hydroxylation is 1. The van der Waals surface area contributed by atoms with Crippen molar-refractivity contribution in [1.82, 2.24) is 4.90 Å². The third-order valence-electron chi connectivity index (χ3n) is 5.13. The fraction of sp³-hybridized carbons (Fsp3) is 0.611. The van der Waals surface area contributed by atoms with Crippen molar-refractivity contribution in [2.24, 2.45) is 11.3 Å². The summed E-state index contributed by atoms with van der Waals surface area (Å²) >= 11 is 0. The predicted molar refractivity (Wildman–Crippen MR) is 85.3 cm³/mol. The Morgan fingerprint density at radius 1 is 1.33 bits per heavy atom. The Bertz CT molecular complexity index is 492. The Hall–Kier alpha value is -1.35. The number of carboxylic acid groups (broad SMARTS) is 1. The molecule has 2 unspecified atom stereocenters. The Morgan fingerprint density at radius 2 is 1.95 bits per heavy atom. The molecule has 3 heteroatoms. The minimum atomic E-state index is -0.683. The molecular formula is C18H27NO2. The Morgan fingerprint density at radius 3 is 2.52 bits per heavy atom. The van der Waals surface area contributed by atoms with Gasteiger partial charge in [0.05, 0.1) is 5.41 Å². The van der Waals surface area contributed by atoms with Gasteiger partial charge in [0, 0.05) is 12.6 Å². The highest BCUT2D eigenvalue weighted by Gasteiger charge is 2.39. The highest BCUT2D eigenvalue weighted by atomic mass is 16.4. The van der Waals surface area contributed by atoms with Gasteiger partial charge in [0.15, 0.2) is 0 Å². The fourth-order valence-electron chi connectivity index (χ4n) is 3.18. The van der Waals surface area contributed by atoms with Crippen molar-refractivity contribution >= 4 is 5.97 Å². The van der Waals surface area contributed by atoms with Crippen LogP contribution in [0.25, 0.3) is 0 Å². The van der Waals surface area contributed by atoms with Crippen molar-refractivity contribution in [2.75, 3.05) is 13.1 Å². The van der Waals surface area contributed by atoms with E-state index in [0.29, 0.717) is 6.04 Å². The average molecular weight is 289 g/mol. The smallest absolute Gasteiger partial charge is 0.309 e. The molecule has 1 aromatic carbocycles. The lowest BCUT2D eigenvalue weighted by molar-refractivity contribution is -0.151. The van der Waals surface area contributed by atoms with Crippen LogP contribution in [0.3, 0.4) is 0 Å². The van der Waals surface area contributed by atoms with Crippen LogP contribution in [-0.2, 0) is 4.79 Å². The summed E-state index contributed by atoms with van der Waals surface area (Å²) in [5, 5.41) is 9.45. The van der Waals surface area contributed by atoms with Gasteiger partial charge in [0.1, 0.15) is 0 Å². The van der Waals surface area contributed by atoms with Crippen molar-refractivity contribution in [3.8, 4) is 0 Å². The number of hydrogen-bond donors (Lipinski definition) is 1. The largest absolute Gasteiger partial charge is 0.481 e. The fourth-order valence-corrected chi connectivity index (χ4v) is 3.18. The molecule has 0 saturated carbocycles. The third-order valence-corrected chi connectivity index (χ3v) is 5.13. The maximum atomic E-state index is 11.5. The molecule has 21 heavy (non-hydrogen) atoms. The van der Waals surface area contributed by atoms with Crippen LogP contribution in [0.5, 0.6) is 0 Å². The van der Waals surface area contributed by atoms with E-state index in [-0.39, 0.29) is 5.92 Å². The van der Waals surface area contributed by atoms with Gasteiger partial charge in [-0.2, -0.15) is 0 Å². The number of aliphatic carboxylic acids is 1. The molecule has 0 spiro atoms. The van der Waals surface area contributed by atoms with Crippen molar-refractivity contribution in [3.05, 3.63) is 35.4 Å². The van der Waals surface area contributed by atoms with Crippen LogP contribution in [0.15, 0.2) is 24.3 Å². The van der Waals surface area contributed by atoms with Crippen molar-refractivity contribution in [1.29, 1.82) is 0 Å². The Labute approximate surface area is 128 Å². The molecule has 0 aromatic heterocycles. The zero-order chi connectivity index (χ0) is 15.6. The highest BCUT2D eigenvalue weighted by Crippen LogP contribution is 2.36. The van der Waals surface area contributed by atoms with E-state index in [4.69, 9.17) is 0 Å². The van der Waals surface area contributed by atoms with E-state index in [0.717, 1.165) is 25.9 Å². The number of likely N-dealkylation sites (tertiary alicyclic amines) is 1. The number of carboxylic acids is 1. The van der Waals surface area contributed by atoms with E-state index in [1.54, 1.807) is 0 Å². The van der Waals surface area contributed by atoms with Crippen LogP contribution < -0.4 is 0 Å². The molecule has 1 N–H and O–H groups in total. The number of carbonyl (C=O) groups is 1. The summed E-state index contributed by atoms with van der Waals surface area (Å²) in [6, 6.07) is 9.01. The molecule has 2 rings (SSSR count). The van der Waals surface area contributed by atoms with E-state index in [1.165, 1.54) is 11.1 Å². The average Bonchev–Trinajstić information content (AvgIpc) is 2.47. The van der Waals surface area contributed by atoms with E-state index < -0.39 is 11.4 Å². The molecular weight excluding hydrogens is 262 g/mol. The molecule has 2 atom stereocenters. The lowest BCUT2D eigenvalue weighted by atomic mass is 9.74. The van der Waals surface area contributed by atoms with Gasteiger partial charge < -0.3 is 5.11 Å². The number of nitrogens with zero attached hydrogens (tertiary/aromatic N) is 1. The van der Waals surface area contributed by atoms with Crippen LogP contribution in [0, 0.1) is 18.3 Å². The van der Waals surface area contributed by atoms with Gasteiger partial charge in [-0.15, -0.1) is 0 Å². The first-order valence-corrected chi connectivity index (χ1v) is 7.86. The molecule has 1 aliphatic heterocycles. The number of rotatable bonds is 4. The molecule has 1 heterocycles. The molecule has 0 amide bonds. The van der Waals surface area contributed by atoms with E-state index >= 15 is 0 Å². The summed E-state index contributed by atoms with van der Waals surface area (Å²) in [7, 11) is 0. The Kier molecular flexibility index (Phi) is 4.72. The van der Waals surface area contributed by atoms with Crippen LogP contribution >= 0.6 is 0 Å². The highest BCUT2D eigenvalue weighted by molar-refractivity contribution is 5.74. The van der Waals surface area contributed by atoms with Crippen LogP contribution in [0.1, 0.15) is 50.8 Å². The number of benzene rings is 1. The first-order valence-electron chi connectivity index (χ1n) is 7.86. The first-order chi connectivity index (χ1) is 9.82. The van der Waals surface area contributed by atoms with Crippen LogP contribution in [-0.4, -0.2) is 29.1 Å². The minimum absolute atomic E-state index is 0.219. The quantitative estimate of drug-likeness (QED) is 0.914. The maximum Gasteiger partial charge on any atom is 0.309 e. The molecule has 1 saturated heterocycles. The van der Waals surface area contributed by atoms with Crippen LogP contribution in [0.4, 0.5) is 0 Å². The molecule has 0 bridgehead atoms. The summed E-state index contributed by atoms with van der Waals surface area (Å²) in [5.74, 6) is -0.464. The lowest BCUT2D eigenvalue weighted by Gasteiger charge is -2.42. The lowest BCUT2D eigenvalue weighted by Crippen LogP contribution is -2.45. The summed E-state index contributed by atoms with van der Waals surface area (Å²) < 4.78 is 0. The molecule has 0 radical (unpaired) electrons. The van der Waals surface area contributed by atoms with E-state index in [9.17, 15) is 9.90 Å². The monoisotopic (exact) mass is 289 g/mol. The summed E-state index contributed by atoms with van der Waals surface area (Å²) in [4.78, 5) is 13.9. The SMILES string of the molecule is Cc1ccc(C(C)N2CCCC(C(C)(C)C(=O)O)C2)cc1.